The van der Waals surface area contributed by atoms with E-state index < -0.39 is 0 Å². The maximum absolute atomic E-state index is 6.05. The molecule has 3 aliphatic rings. The first-order chi connectivity index (χ1) is 11.9. The van der Waals surface area contributed by atoms with Crippen LogP contribution >= 0.6 is 44.5 Å². The molecule has 0 heterocycles. The lowest BCUT2D eigenvalue weighted by Gasteiger charge is -2.40. The molecule has 142 valence electrons. The van der Waals surface area contributed by atoms with Crippen molar-refractivity contribution in [1.29, 1.82) is 0 Å². The Hall–Kier alpha value is 0.250. The number of nitrogens with one attached hydrogen (secondary N) is 1. The lowest BCUT2D eigenvalue weighted by atomic mass is 9.77. The van der Waals surface area contributed by atoms with Crippen molar-refractivity contribution in [1.82, 2.24) is 5.32 Å². The molecule has 1 unspecified atom stereocenters. The van der Waals surface area contributed by atoms with Crippen molar-refractivity contribution in [3.63, 3.8) is 0 Å². The highest BCUT2D eigenvalue weighted by Crippen LogP contribution is 2.51. The standard InChI is InChI=1S/C12H24N2.C7H6Br2OS/c1-2-3-4-11(13)9-14-12-6-5-10(7-12)8-12;1-10-6-3-7(11)5(9)2-4(6)8/h10-11,14H,2-9,13H2,1H3;2-3,11H,1H3. The number of fused-ring (bicyclic) bond motifs is 1. The van der Waals surface area contributed by atoms with Crippen molar-refractivity contribution in [2.45, 2.75) is 68.3 Å². The maximum atomic E-state index is 6.05. The van der Waals surface area contributed by atoms with Gasteiger partial charge in [0.15, 0.2) is 0 Å². The highest BCUT2D eigenvalue weighted by atomic mass is 79.9. The molecule has 3 N–H and O–H groups in total. The second-order valence-corrected chi connectivity index (χ2v) is 9.51. The van der Waals surface area contributed by atoms with Crippen LogP contribution in [0.25, 0.3) is 0 Å². The zero-order valence-electron chi connectivity index (χ0n) is 15.2. The third-order valence-electron chi connectivity index (χ3n) is 5.28. The first kappa shape index (κ1) is 21.5. The van der Waals surface area contributed by atoms with Crippen LogP contribution in [-0.2, 0) is 0 Å². The molecule has 0 radical (unpaired) electrons. The fourth-order valence-corrected chi connectivity index (χ4v) is 5.10. The number of thiol groups is 1. The van der Waals surface area contributed by atoms with Crippen molar-refractivity contribution >= 4 is 44.5 Å². The molecule has 3 nitrogen and oxygen atoms in total. The van der Waals surface area contributed by atoms with Gasteiger partial charge in [-0.15, -0.1) is 12.6 Å². The smallest absolute Gasteiger partial charge is 0.134 e. The average molecular weight is 494 g/mol. The molecule has 0 aromatic heterocycles. The maximum Gasteiger partial charge on any atom is 0.134 e. The van der Waals surface area contributed by atoms with Crippen LogP contribution in [0.1, 0.15) is 51.9 Å². The number of benzene rings is 1. The summed E-state index contributed by atoms with van der Waals surface area (Å²) < 4.78 is 6.94. The van der Waals surface area contributed by atoms with Gasteiger partial charge in [-0.1, -0.05) is 19.8 Å². The van der Waals surface area contributed by atoms with Gasteiger partial charge in [0.25, 0.3) is 0 Å². The van der Waals surface area contributed by atoms with Crippen LogP contribution in [0.2, 0.25) is 0 Å². The predicted molar refractivity (Wildman–Crippen MR) is 116 cm³/mol. The minimum absolute atomic E-state index is 0.379. The summed E-state index contributed by atoms with van der Waals surface area (Å²) in [5.41, 5.74) is 6.59. The number of methoxy groups -OCH3 is 1. The lowest BCUT2D eigenvalue weighted by Crippen LogP contribution is -2.52. The number of ether oxygens (including phenoxy) is 1. The second-order valence-electron chi connectivity index (χ2n) is 7.31. The fraction of sp³-hybridized carbons (Fsp3) is 0.684. The van der Waals surface area contributed by atoms with E-state index in [1.807, 2.05) is 12.1 Å². The van der Waals surface area contributed by atoms with Crippen molar-refractivity contribution in [3.8, 4) is 5.75 Å². The summed E-state index contributed by atoms with van der Waals surface area (Å²) in [6.07, 6.45) is 9.43. The summed E-state index contributed by atoms with van der Waals surface area (Å²) in [5.74, 6) is 1.84. The van der Waals surface area contributed by atoms with Gasteiger partial charge in [-0.3, -0.25) is 0 Å². The monoisotopic (exact) mass is 492 g/mol. The van der Waals surface area contributed by atoms with Crippen LogP contribution in [0.15, 0.2) is 26.0 Å². The summed E-state index contributed by atoms with van der Waals surface area (Å²) in [6, 6.07) is 4.13. The molecule has 25 heavy (non-hydrogen) atoms. The Morgan fingerprint density at radius 2 is 2.08 bits per heavy atom. The summed E-state index contributed by atoms with van der Waals surface area (Å²) in [6.45, 7) is 3.26. The SMILES string of the molecule is CCCCC(N)CNC12CCC(C1)C2.COc1cc(S)c(Br)cc1Br. The van der Waals surface area contributed by atoms with Gasteiger partial charge < -0.3 is 15.8 Å². The molecule has 1 aromatic carbocycles. The molecule has 3 aliphatic carbocycles. The Morgan fingerprint density at radius 1 is 1.36 bits per heavy atom. The molecular formula is C19H30Br2N2OS. The van der Waals surface area contributed by atoms with E-state index in [-0.39, 0.29) is 0 Å². The summed E-state index contributed by atoms with van der Waals surface area (Å²) in [7, 11) is 1.63. The minimum atomic E-state index is 0.379. The molecule has 6 heteroatoms. The van der Waals surface area contributed by atoms with Gasteiger partial charge >= 0.3 is 0 Å². The van der Waals surface area contributed by atoms with E-state index in [1.54, 1.807) is 7.11 Å². The van der Waals surface area contributed by atoms with Crippen LogP contribution < -0.4 is 15.8 Å². The van der Waals surface area contributed by atoms with Gasteiger partial charge in [-0.2, -0.15) is 0 Å². The van der Waals surface area contributed by atoms with E-state index in [2.05, 4.69) is 56.7 Å². The van der Waals surface area contributed by atoms with E-state index in [1.165, 1.54) is 44.9 Å². The molecule has 3 fully saturated rings. The van der Waals surface area contributed by atoms with Crippen LogP contribution in [-0.4, -0.2) is 25.2 Å². The number of unbranched alkanes of at least 4 members (excludes halogenated alkanes) is 1. The second kappa shape index (κ2) is 9.98. The van der Waals surface area contributed by atoms with E-state index in [0.717, 1.165) is 32.1 Å². The number of halogens is 2. The van der Waals surface area contributed by atoms with Crippen molar-refractivity contribution in [3.05, 3.63) is 21.1 Å². The summed E-state index contributed by atoms with van der Waals surface area (Å²) >= 11 is 10.9. The van der Waals surface area contributed by atoms with E-state index in [4.69, 9.17) is 10.5 Å². The zero-order chi connectivity index (χ0) is 18.4. The van der Waals surface area contributed by atoms with Gasteiger partial charge in [0.1, 0.15) is 5.75 Å². The van der Waals surface area contributed by atoms with E-state index in [0.29, 0.717) is 11.6 Å². The van der Waals surface area contributed by atoms with Gasteiger partial charge in [0.2, 0.25) is 0 Å². The third-order valence-corrected chi connectivity index (χ3v) is 7.23. The molecule has 0 amide bonds. The Morgan fingerprint density at radius 3 is 2.64 bits per heavy atom. The number of rotatable bonds is 7. The quantitative estimate of drug-likeness (QED) is 0.436. The number of hydrogen-bond acceptors (Lipinski definition) is 4. The lowest BCUT2D eigenvalue weighted by molar-refractivity contribution is 0.186. The van der Waals surface area contributed by atoms with Crippen molar-refractivity contribution < 1.29 is 4.74 Å². The molecule has 4 rings (SSSR count). The summed E-state index contributed by atoms with van der Waals surface area (Å²) in [5, 5.41) is 3.71. The molecule has 0 aliphatic heterocycles. The number of hydrogen-bond donors (Lipinski definition) is 3. The highest BCUT2D eigenvalue weighted by Gasteiger charge is 2.49. The normalized spacial score (nSPS) is 25.0. The number of nitrogens with two attached hydrogens (primary N) is 1. The fourth-order valence-electron chi connectivity index (χ4n) is 3.76. The molecule has 3 saturated carbocycles. The van der Waals surface area contributed by atoms with Crippen molar-refractivity contribution in [2.24, 2.45) is 11.7 Å². The Kier molecular flexibility index (Phi) is 8.60. The largest absolute Gasteiger partial charge is 0.496 e. The molecule has 0 saturated heterocycles. The van der Waals surface area contributed by atoms with Crippen molar-refractivity contribution in [2.75, 3.05) is 13.7 Å². The average Bonchev–Trinajstić information content (AvgIpc) is 3.15. The molecule has 0 spiro atoms. The minimum Gasteiger partial charge on any atom is -0.496 e. The zero-order valence-corrected chi connectivity index (χ0v) is 19.2. The van der Waals surface area contributed by atoms with E-state index in [9.17, 15) is 0 Å². The first-order valence-electron chi connectivity index (χ1n) is 9.11. The third kappa shape index (κ3) is 6.13. The van der Waals surface area contributed by atoms with Crippen LogP contribution in [0, 0.1) is 5.92 Å². The first-order valence-corrected chi connectivity index (χ1v) is 11.1. The van der Waals surface area contributed by atoms with Crippen LogP contribution in [0.3, 0.4) is 0 Å². The highest BCUT2D eigenvalue weighted by molar-refractivity contribution is 9.11. The topological polar surface area (TPSA) is 47.3 Å². The molecular weight excluding hydrogens is 464 g/mol. The van der Waals surface area contributed by atoms with E-state index >= 15 is 0 Å². The molecule has 1 aromatic rings. The Balaban J connectivity index is 0.000000186. The van der Waals surface area contributed by atoms with Crippen LogP contribution in [0.5, 0.6) is 5.75 Å². The van der Waals surface area contributed by atoms with Gasteiger partial charge in [-0.05, 0) is 82.0 Å². The molecule has 1 atom stereocenters. The van der Waals surface area contributed by atoms with Gasteiger partial charge in [-0.25, -0.2) is 0 Å². The predicted octanol–water partition coefficient (Wildman–Crippen LogP) is 5.55. The van der Waals surface area contributed by atoms with Crippen LogP contribution in [0.4, 0.5) is 0 Å². The molecule has 2 bridgehead atoms. The Labute approximate surface area is 174 Å². The summed E-state index contributed by atoms with van der Waals surface area (Å²) in [4.78, 5) is 0.866. The Bertz CT molecular complexity index is 559. The van der Waals surface area contributed by atoms with Gasteiger partial charge in [0, 0.05) is 27.5 Å². The van der Waals surface area contributed by atoms with Gasteiger partial charge in [0.05, 0.1) is 11.6 Å².